The van der Waals surface area contributed by atoms with Crippen LogP contribution in [-0.2, 0) is 19.1 Å². The molecule has 2 heterocycles. The van der Waals surface area contributed by atoms with Gasteiger partial charge in [0.15, 0.2) is 0 Å². The molecule has 1 saturated heterocycles. The summed E-state index contributed by atoms with van der Waals surface area (Å²) in [5.74, 6) is -6.25. The van der Waals surface area contributed by atoms with Crippen molar-refractivity contribution in [2.24, 2.45) is 5.92 Å². The van der Waals surface area contributed by atoms with Gasteiger partial charge in [0.05, 0.1) is 12.1 Å². The fraction of sp³-hybridized carbons (Fsp3) is 0.450. The zero-order valence-electron chi connectivity index (χ0n) is 17.3. The Morgan fingerprint density at radius 3 is 2.33 bits per heavy atom. The number of fused-ring (bicyclic) bond motifs is 1. The number of anilines is 1. The van der Waals surface area contributed by atoms with Gasteiger partial charge in [0.1, 0.15) is 47.8 Å². The Balaban J connectivity index is 2.01. The number of carboxylic acids is 2. The first-order valence-corrected chi connectivity index (χ1v) is 9.87. The van der Waals surface area contributed by atoms with E-state index in [-0.39, 0.29) is 11.6 Å². The third kappa shape index (κ3) is 4.77. The molecule has 0 radical (unpaired) electrons. The third-order valence-corrected chi connectivity index (χ3v) is 5.36. The maximum Gasteiger partial charge on any atom is 0.327 e. The number of carbonyl (C=O) groups excluding carboxylic acids is 1. The lowest BCUT2D eigenvalue weighted by Gasteiger charge is -2.39. The van der Waals surface area contributed by atoms with E-state index in [0.717, 1.165) is 6.92 Å². The molecule has 0 aliphatic carbocycles. The van der Waals surface area contributed by atoms with E-state index < -0.39 is 67.0 Å². The van der Waals surface area contributed by atoms with E-state index in [1.165, 1.54) is 0 Å². The first kappa shape index (κ1) is 24.4. The van der Waals surface area contributed by atoms with Crippen molar-refractivity contribution >= 4 is 34.3 Å². The van der Waals surface area contributed by atoms with Crippen LogP contribution in [0.5, 0.6) is 5.88 Å². The van der Waals surface area contributed by atoms with Gasteiger partial charge in [0.2, 0.25) is 12.2 Å². The molecule has 180 valence electrons. The van der Waals surface area contributed by atoms with Crippen LogP contribution in [0.3, 0.4) is 0 Å². The summed E-state index contributed by atoms with van der Waals surface area (Å²) in [4.78, 5) is 38.1. The molecule has 1 aromatic heterocycles. The summed E-state index contributed by atoms with van der Waals surface area (Å²) in [5, 5.41) is 61.4. The molecule has 33 heavy (non-hydrogen) atoms. The smallest absolute Gasteiger partial charge is 0.327 e. The largest absolute Gasteiger partial charge is 0.481 e. The summed E-state index contributed by atoms with van der Waals surface area (Å²) in [5.41, 5.74) is 0.390. The molecule has 7 atom stereocenters. The minimum Gasteiger partial charge on any atom is -0.481 e. The Morgan fingerprint density at radius 2 is 1.76 bits per heavy atom. The number of benzene rings is 1. The number of hydrogen-bond acceptors (Lipinski definition) is 10. The summed E-state index contributed by atoms with van der Waals surface area (Å²) in [6, 6.07) is 4.57. The van der Waals surface area contributed by atoms with Gasteiger partial charge in [-0.3, -0.25) is 9.59 Å². The van der Waals surface area contributed by atoms with Crippen LogP contribution in [0.4, 0.5) is 5.69 Å². The lowest BCUT2D eigenvalue weighted by molar-refractivity contribution is -0.277. The van der Waals surface area contributed by atoms with Crippen molar-refractivity contribution in [3.63, 3.8) is 0 Å². The number of aliphatic hydroxyl groups is 4. The van der Waals surface area contributed by atoms with Crippen molar-refractivity contribution in [3.8, 4) is 5.88 Å². The highest BCUT2D eigenvalue weighted by Gasteiger charge is 2.45. The van der Waals surface area contributed by atoms with E-state index in [4.69, 9.17) is 9.47 Å². The molecule has 0 spiro atoms. The first-order chi connectivity index (χ1) is 15.6. The molecule has 13 heteroatoms. The Morgan fingerprint density at radius 1 is 1.09 bits per heavy atom. The van der Waals surface area contributed by atoms with Gasteiger partial charge in [-0.1, -0.05) is 18.2 Å². The number of aromatic amines is 1. The minimum absolute atomic E-state index is 0.0394. The highest BCUT2D eigenvalue weighted by molar-refractivity contribution is 6.04. The number of ether oxygens (including phenoxy) is 2. The van der Waals surface area contributed by atoms with Crippen LogP contribution in [0.15, 0.2) is 24.3 Å². The van der Waals surface area contributed by atoms with E-state index >= 15 is 0 Å². The molecule has 0 bridgehead atoms. The fourth-order valence-electron chi connectivity index (χ4n) is 3.62. The molecular weight excluding hydrogens is 444 g/mol. The molecule has 1 fully saturated rings. The number of hydrogen-bond donors (Lipinski definition) is 8. The Labute approximate surface area is 186 Å². The van der Waals surface area contributed by atoms with Gasteiger partial charge in [-0.25, -0.2) is 4.79 Å². The standard InChI is InChI=1S/C20H24N2O11/c1-7(24)11(18(28)29)13(19(30)31)22-12-8-4-2-3-5-9(8)21-17(12)33-20-16(27)15(26)14(25)10(6-23)32-20/h2-5,10-11,13-16,20-23,25-27H,6H2,1H3,(H,28,29)(H,30,31)/t10-,11?,13+,14-,15+,16-,20+/m1/s1. The fourth-order valence-corrected chi connectivity index (χ4v) is 3.62. The van der Waals surface area contributed by atoms with Gasteiger partial charge < -0.3 is 50.4 Å². The highest BCUT2D eigenvalue weighted by atomic mass is 16.7. The maximum atomic E-state index is 11.9. The van der Waals surface area contributed by atoms with Gasteiger partial charge in [-0.2, -0.15) is 0 Å². The second-order valence-corrected chi connectivity index (χ2v) is 7.58. The summed E-state index contributed by atoms with van der Waals surface area (Å²) in [6.45, 7) is 0.263. The predicted molar refractivity (Wildman–Crippen MR) is 110 cm³/mol. The van der Waals surface area contributed by atoms with Crippen LogP contribution >= 0.6 is 0 Å². The number of ketones is 1. The molecule has 1 aliphatic heterocycles. The summed E-state index contributed by atoms with van der Waals surface area (Å²) < 4.78 is 10.9. The van der Waals surface area contributed by atoms with Gasteiger partial charge in [0.25, 0.3) is 0 Å². The minimum atomic E-state index is -1.92. The van der Waals surface area contributed by atoms with E-state index in [1.807, 2.05) is 0 Å². The van der Waals surface area contributed by atoms with E-state index in [9.17, 15) is 45.0 Å². The number of nitrogens with one attached hydrogen (secondary N) is 2. The molecule has 3 rings (SSSR count). The van der Waals surface area contributed by atoms with Crippen molar-refractivity contribution < 1.29 is 54.5 Å². The summed E-state index contributed by atoms with van der Waals surface area (Å²) in [7, 11) is 0. The van der Waals surface area contributed by atoms with Crippen molar-refractivity contribution in [2.45, 2.75) is 43.7 Å². The molecular formula is C20H24N2O11. The van der Waals surface area contributed by atoms with Gasteiger partial charge >= 0.3 is 11.9 Å². The number of carbonyl (C=O) groups is 3. The second-order valence-electron chi connectivity index (χ2n) is 7.58. The van der Waals surface area contributed by atoms with E-state index in [0.29, 0.717) is 10.9 Å². The van der Waals surface area contributed by atoms with Crippen LogP contribution in [-0.4, -0.2) is 96.7 Å². The Bertz CT molecular complexity index is 1020. The number of rotatable bonds is 9. The predicted octanol–water partition coefficient (Wildman–Crippen LogP) is -1.50. The lowest BCUT2D eigenvalue weighted by Crippen LogP contribution is -2.60. The summed E-state index contributed by atoms with van der Waals surface area (Å²) in [6.07, 6.45) is -7.94. The van der Waals surface area contributed by atoms with Crippen LogP contribution in [0.2, 0.25) is 0 Å². The van der Waals surface area contributed by atoms with Crippen LogP contribution < -0.4 is 10.1 Å². The average Bonchev–Trinajstić information content (AvgIpc) is 3.10. The summed E-state index contributed by atoms with van der Waals surface area (Å²) >= 11 is 0. The maximum absolute atomic E-state index is 11.9. The Hall–Kier alpha value is -3.23. The van der Waals surface area contributed by atoms with Gasteiger partial charge in [-0.05, 0) is 13.0 Å². The van der Waals surface area contributed by atoms with Crippen LogP contribution in [0.1, 0.15) is 6.92 Å². The number of para-hydroxylation sites is 1. The van der Waals surface area contributed by atoms with Crippen molar-refractivity contribution in [3.05, 3.63) is 24.3 Å². The number of carboxylic acid groups (broad SMARTS) is 2. The molecule has 1 aliphatic rings. The normalized spacial score (nSPS) is 27.0. The highest BCUT2D eigenvalue weighted by Crippen LogP contribution is 2.37. The molecule has 0 saturated carbocycles. The third-order valence-electron chi connectivity index (χ3n) is 5.36. The van der Waals surface area contributed by atoms with Crippen molar-refractivity contribution in [2.75, 3.05) is 11.9 Å². The molecule has 1 aromatic carbocycles. The quantitative estimate of drug-likeness (QED) is 0.197. The second kappa shape index (κ2) is 9.72. The first-order valence-electron chi connectivity index (χ1n) is 9.87. The van der Waals surface area contributed by atoms with Crippen molar-refractivity contribution in [1.82, 2.24) is 4.98 Å². The molecule has 2 aromatic rings. The molecule has 8 N–H and O–H groups in total. The van der Waals surface area contributed by atoms with Gasteiger partial charge in [0, 0.05) is 5.39 Å². The Kier molecular flexibility index (Phi) is 7.19. The number of H-pyrrole nitrogens is 1. The number of aliphatic carboxylic acids is 2. The average molecular weight is 468 g/mol. The van der Waals surface area contributed by atoms with E-state index in [2.05, 4.69) is 10.3 Å². The molecule has 0 amide bonds. The topological polar surface area (TPSA) is 219 Å². The van der Waals surface area contributed by atoms with Crippen LogP contribution in [0.25, 0.3) is 10.9 Å². The molecule has 1 unspecified atom stereocenters. The number of aromatic nitrogens is 1. The number of Topliss-reactive ketones (excluding diaryl/α,β-unsaturated/α-hetero) is 1. The van der Waals surface area contributed by atoms with Crippen molar-refractivity contribution in [1.29, 1.82) is 0 Å². The SMILES string of the molecule is CC(=O)C(C(=O)O)[C@H](Nc1c(O[C@@H]2O[C@H](CO)[C@@H](O)[C@H](O)[C@H]2O)[nH]c2ccccc12)C(=O)O. The monoisotopic (exact) mass is 468 g/mol. The van der Waals surface area contributed by atoms with Gasteiger partial charge in [-0.15, -0.1) is 0 Å². The van der Waals surface area contributed by atoms with E-state index in [1.54, 1.807) is 24.3 Å². The zero-order valence-corrected chi connectivity index (χ0v) is 17.3. The van der Waals surface area contributed by atoms with Crippen LogP contribution in [0, 0.1) is 5.92 Å². The molecule has 13 nitrogen and oxygen atoms in total. The zero-order chi connectivity index (χ0) is 24.4. The number of aliphatic hydroxyl groups excluding tert-OH is 4. The lowest BCUT2D eigenvalue weighted by atomic mass is 9.95.